The Kier molecular flexibility index (Phi) is 3.97. The van der Waals surface area contributed by atoms with Crippen LogP contribution in [-0.4, -0.2) is 17.8 Å². The van der Waals surface area contributed by atoms with E-state index in [1.807, 2.05) is 30.3 Å². The van der Waals surface area contributed by atoms with Gasteiger partial charge in [0.25, 0.3) is 0 Å². The van der Waals surface area contributed by atoms with E-state index in [2.05, 4.69) is 0 Å². The molecule has 0 bridgehead atoms. The van der Waals surface area contributed by atoms with Crippen molar-refractivity contribution in [2.24, 2.45) is 5.92 Å². The summed E-state index contributed by atoms with van der Waals surface area (Å²) in [7, 11) is 0. The molecular weight excluding hydrogens is 194 g/mol. The van der Waals surface area contributed by atoms with Crippen LogP contribution in [0.3, 0.4) is 0 Å². The minimum atomic E-state index is -0.377. The van der Waals surface area contributed by atoms with Gasteiger partial charge in [0.2, 0.25) is 6.54 Å². The molecule has 4 heteroatoms. The Morgan fingerprint density at radius 3 is 2.47 bits per heavy atom. The van der Waals surface area contributed by atoms with Crippen LogP contribution in [0.25, 0.3) is 0 Å². The van der Waals surface area contributed by atoms with Gasteiger partial charge in [0, 0.05) is 10.8 Å². The van der Waals surface area contributed by atoms with E-state index in [0.717, 1.165) is 11.8 Å². The molecule has 0 N–H and O–H groups in total. The van der Waals surface area contributed by atoms with Crippen molar-refractivity contribution in [1.82, 2.24) is 0 Å². The average molecular weight is 207 g/mol. The molecule has 15 heavy (non-hydrogen) atoms. The van der Waals surface area contributed by atoms with Gasteiger partial charge in [-0.15, -0.1) is 0 Å². The Morgan fingerprint density at radius 2 is 2.00 bits per heavy atom. The van der Waals surface area contributed by atoms with Gasteiger partial charge in [0.15, 0.2) is 0 Å². The smallest absolute Gasteiger partial charge is 0.211 e. The molecule has 0 saturated heterocycles. The first-order chi connectivity index (χ1) is 7.15. The first-order valence-electron chi connectivity index (χ1n) is 4.77. The molecule has 0 radical (unpaired) electrons. The van der Waals surface area contributed by atoms with Crippen LogP contribution in [0.5, 0.6) is 0 Å². The summed E-state index contributed by atoms with van der Waals surface area (Å²) in [4.78, 5) is 20.8. The van der Waals surface area contributed by atoms with Crippen molar-refractivity contribution in [3.8, 4) is 0 Å². The summed E-state index contributed by atoms with van der Waals surface area (Å²) in [6, 6.07) is 9.11. The number of benzene rings is 1. The van der Waals surface area contributed by atoms with Crippen LogP contribution in [0, 0.1) is 16.0 Å². The molecule has 0 fully saturated rings. The summed E-state index contributed by atoms with van der Waals surface area (Å²) in [5.41, 5.74) is 0.841. The lowest BCUT2D eigenvalue weighted by atomic mass is 9.88. The Balaban J connectivity index is 2.90. The molecule has 0 saturated carbocycles. The summed E-state index contributed by atoms with van der Waals surface area (Å²) >= 11 is 0. The number of hydrogen-bond donors (Lipinski definition) is 0. The zero-order valence-corrected chi connectivity index (χ0v) is 8.50. The molecule has 2 atom stereocenters. The first kappa shape index (κ1) is 11.4. The highest BCUT2D eigenvalue weighted by atomic mass is 16.6. The predicted octanol–water partition coefficient (Wildman–Crippen LogP) is 1.88. The molecular formula is C11H13NO3. The summed E-state index contributed by atoms with van der Waals surface area (Å²) in [6.07, 6.45) is 0.765. The second-order valence-electron chi connectivity index (χ2n) is 3.53. The Bertz CT molecular complexity index is 337. The van der Waals surface area contributed by atoms with Gasteiger partial charge in [-0.25, -0.2) is 0 Å². The van der Waals surface area contributed by atoms with Gasteiger partial charge in [0.1, 0.15) is 6.29 Å². The summed E-state index contributed by atoms with van der Waals surface area (Å²) < 4.78 is 0. The molecule has 4 nitrogen and oxygen atoms in total. The predicted molar refractivity (Wildman–Crippen MR) is 56.3 cm³/mol. The number of nitro groups is 1. The highest BCUT2D eigenvalue weighted by molar-refractivity contribution is 5.55. The van der Waals surface area contributed by atoms with E-state index in [1.54, 1.807) is 6.92 Å². The summed E-state index contributed by atoms with van der Waals surface area (Å²) in [5, 5.41) is 10.5. The molecule has 1 aromatic rings. The molecule has 1 rings (SSSR count). The van der Waals surface area contributed by atoms with Gasteiger partial charge in [-0.05, 0) is 5.56 Å². The largest absolute Gasteiger partial charge is 0.303 e. The van der Waals surface area contributed by atoms with Crippen molar-refractivity contribution in [3.05, 3.63) is 46.0 Å². The van der Waals surface area contributed by atoms with E-state index < -0.39 is 0 Å². The van der Waals surface area contributed by atoms with Crippen LogP contribution in [0.15, 0.2) is 30.3 Å². The summed E-state index contributed by atoms with van der Waals surface area (Å²) in [6.45, 7) is 1.50. The maximum Gasteiger partial charge on any atom is 0.211 e. The Labute approximate surface area is 88.1 Å². The fraction of sp³-hybridized carbons (Fsp3) is 0.364. The molecule has 0 aliphatic carbocycles. The van der Waals surface area contributed by atoms with Crippen LogP contribution < -0.4 is 0 Å². The minimum absolute atomic E-state index is 0.204. The maximum atomic E-state index is 10.7. The monoisotopic (exact) mass is 207 g/mol. The van der Waals surface area contributed by atoms with Crippen LogP contribution in [0.4, 0.5) is 0 Å². The minimum Gasteiger partial charge on any atom is -0.303 e. The van der Waals surface area contributed by atoms with E-state index in [-0.39, 0.29) is 23.3 Å². The van der Waals surface area contributed by atoms with Crippen molar-refractivity contribution in [2.75, 3.05) is 6.54 Å². The van der Waals surface area contributed by atoms with Gasteiger partial charge in [0.05, 0.1) is 5.92 Å². The lowest BCUT2D eigenvalue weighted by molar-refractivity contribution is -0.484. The third-order valence-electron chi connectivity index (χ3n) is 2.42. The first-order valence-corrected chi connectivity index (χ1v) is 4.77. The molecule has 0 heterocycles. The summed E-state index contributed by atoms with van der Waals surface area (Å²) in [5.74, 6) is -0.670. The van der Waals surface area contributed by atoms with Gasteiger partial charge < -0.3 is 4.79 Å². The Hall–Kier alpha value is -1.71. The third-order valence-corrected chi connectivity index (χ3v) is 2.42. The number of carbonyl (C=O) groups is 1. The average Bonchev–Trinajstić information content (AvgIpc) is 2.26. The van der Waals surface area contributed by atoms with E-state index >= 15 is 0 Å². The van der Waals surface area contributed by atoms with E-state index in [1.165, 1.54) is 0 Å². The zero-order valence-electron chi connectivity index (χ0n) is 8.50. The SMILES string of the molecule is C[C@@H](C=O)C(C[N+](=O)[O-])c1ccccc1. The number of rotatable bonds is 5. The van der Waals surface area contributed by atoms with Gasteiger partial charge in [-0.1, -0.05) is 37.3 Å². The highest BCUT2D eigenvalue weighted by Gasteiger charge is 2.23. The maximum absolute atomic E-state index is 10.7. The fourth-order valence-electron chi connectivity index (χ4n) is 1.53. The van der Waals surface area contributed by atoms with Gasteiger partial charge in [-0.2, -0.15) is 0 Å². The molecule has 1 aromatic carbocycles. The standard InChI is InChI=1S/C11H13NO3/c1-9(8-13)11(7-12(14)15)10-5-3-2-4-6-10/h2-6,8-9,11H,7H2,1H3/t9-,11?/m0/s1. The Morgan fingerprint density at radius 1 is 1.40 bits per heavy atom. The van der Waals surface area contributed by atoms with Crippen molar-refractivity contribution in [2.45, 2.75) is 12.8 Å². The van der Waals surface area contributed by atoms with E-state index in [9.17, 15) is 14.9 Å². The highest BCUT2D eigenvalue weighted by Crippen LogP contribution is 2.23. The molecule has 0 aromatic heterocycles. The molecule has 0 aliphatic heterocycles. The van der Waals surface area contributed by atoms with Crippen LogP contribution >= 0.6 is 0 Å². The fourth-order valence-corrected chi connectivity index (χ4v) is 1.53. The molecule has 80 valence electrons. The zero-order chi connectivity index (χ0) is 11.3. The van der Waals surface area contributed by atoms with Crippen molar-refractivity contribution in [1.29, 1.82) is 0 Å². The number of carbonyl (C=O) groups excluding carboxylic acids is 1. The number of aldehydes is 1. The van der Waals surface area contributed by atoms with E-state index in [0.29, 0.717) is 0 Å². The number of nitrogens with zero attached hydrogens (tertiary/aromatic N) is 1. The molecule has 0 amide bonds. The second-order valence-corrected chi connectivity index (χ2v) is 3.53. The van der Waals surface area contributed by atoms with Crippen molar-refractivity contribution >= 4 is 6.29 Å². The lowest BCUT2D eigenvalue weighted by Crippen LogP contribution is -2.20. The lowest BCUT2D eigenvalue weighted by Gasteiger charge is -2.15. The van der Waals surface area contributed by atoms with Crippen molar-refractivity contribution in [3.63, 3.8) is 0 Å². The topological polar surface area (TPSA) is 60.2 Å². The normalized spacial score (nSPS) is 14.2. The number of hydrogen-bond acceptors (Lipinski definition) is 3. The van der Waals surface area contributed by atoms with Gasteiger partial charge >= 0.3 is 0 Å². The molecule has 0 aliphatic rings. The van der Waals surface area contributed by atoms with Crippen LogP contribution in [0.1, 0.15) is 18.4 Å². The van der Waals surface area contributed by atoms with E-state index in [4.69, 9.17) is 0 Å². The molecule has 0 spiro atoms. The second kappa shape index (κ2) is 5.24. The molecule has 1 unspecified atom stereocenters. The van der Waals surface area contributed by atoms with Crippen LogP contribution in [0.2, 0.25) is 0 Å². The van der Waals surface area contributed by atoms with Crippen LogP contribution in [-0.2, 0) is 4.79 Å². The van der Waals surface area contributed by atoms with Crippen molar-refractivity contribution < 1.29 is 9.72 Å². The van der Waals surface area contributed by atoms with Gasteiger partial charge in [-0.3, -0.25) is 10.1 Å². The third kappa shape index (κ3) is 3.16. The quantitative estimate of drug-likeness (QED) is 0.420.